The highest BCUT2D eigenvalue weighted by Gasteiger charge is 2.21. The lowest BCUT2D eigenvalue weighted by atomic mass is 9.85. The molecule has 12 heteroatoms. The van der Waals surface area contributed by atoms with Crippen LogP contribution in [-0.2, 0) is 15.0 Å². The number of carbonyl (C=O) groups is 4. The number of ether oxygens (including phenoxy) is 2. The second-order valence-electron chi connectivity index (χ2n) is 20.2. The van der Waals surface area contributed by atoms with E-state index < -0.39 is 17.2 Å². The summed E-state index contributed by atoms with van der Waals surface area (Å²) >= 11 is 0. The van der Waals surface area contributed by atoms with E-state index in [1.165, 1.54) is 6.07 Å². The van der Waals surface area contributed by atoms with Gasteiger partial charge < -0.3 is 30.7 Å². The van der Waals surface area contributed by atoms with Crippen molar-refractivity contribution in [2.75, 3.05) is 34.5 Å². The minimum atomic E-state index is -0.473. The summed E-state index contributed by atoms with van der Waals surface area (Å²) in [7, 11) is 0. The van der Waals surface area contributed by atoms with E-state index in [4.69, 9.17) is 9.47 Å². The van der Waals surface area contributed by atoms with Crippen molar-refractivity contribution in [1.29, 1.82) is 0 Å². The van der Waals surface area contributed by atoms with Crippen LogP contribution in [0.4, 0.5) is 23.3 Å². The monoisotopic (exact) mass is 1010 g/mol. The number of nitrogens with zero attached hydrogens (tertiary/aromatic N) is 2. The molecule has 0 atom stereocenters. The molecule has 2 heterocycles. The molecule has 9 aromatic rings. The molecular formula is C64H64N6O6. The van der Waals surface area contributed by atoms with E-state index >= 15 is 0 Å². The zero-order valence-electron chi connectivity index (χ0n) is 43.4. The van der Waals surface area contributed by atoms with Gasteiger partial charge in [0.15, 0.2) is 0 Å². The maximum Gasteiger partial charge on any atom is 0.256 e. The van der Waals surface area contributed by atoms with Crippen LogP contribution < -0.4 is 30.7 Å². The molecule has 76 heavy (non-hydrogen) atoms. The molecule has 0 spiro atoms. The molecule has 0 saturated heterocycles. The Morgan fingerprint density at radius 2 is 0.737 bits per heavy atom. The van der Waals surface area contributed by atoms with Crippen LogP contribution in [0.2, 0.25) is 0 Å². The third-order valence-electron chi connectivity index (χ3n) is 13.4. The van der Waals surface area contributed by atoms with Crippen LogP contribution in [0.25, 0.3) is 43.1 Å². The molecule has 0 aliphatic rings. The van der Waals surface area contributed by atoms with Gasteiger partial charge in [-0.15, -0.1) is 0 Å². The number of rotatable bonds is 22. The summed E-state index contributed by atoms with van der Waals surface area (Å²) in [5.41, 5.74) is 0.872. The maximum atomic E-state index is 13.8. The molecule has 0 unspecified atom stereocenters. The first-order chi connectivity index (χ1) is 36.9. The van der Waals surface area contributed by atoms with E-state index in [1.807, 2.05) is 69.3 Å². The number of hydrogen-bond acceptors (Lipinski definition) is 8. The fraction of sp³-hybridized carbons (Fsp3) is 0.250. The number of hydrogen-bond donors (Lipinski definition) is 4. The van der Waals surface area contributed by atoms with Crippen molar-refractivity contribution < 1.29 is 28.7 Å². The van der Waals surface area contributed by atoms with Crippen LogP contribution >= 0.6 is 0 Å². The third kappa shape index (κ3) is 13.5. The first-order valence-electron chi connectivity index (χ1n) is 26.3. The Morgan fingerprint density at radius 3 is 1.11 bits per heavy atom. The smallest absolute Gasteiger partial charge is 0.256 e. The van der Waals surface area contributed by atoms with E-state index in [0.717, 1.165) is 98.7 Å². The van der Waals surface area contributed by atoms with Gasteiger partial charge in [0.2, 0.25) is 11.8 Å². The van der Waals surface area contributed by atoms with Crippen molar-refractivity contribution in [3.63, 3.8) is 0 Å². The molecule has 0 aliphatic carbocycles. The van der Waals surface area contributed by atoms with Gasteiger partial charge in [-0.25, -0.2) is 9.97 Å². The Kier molecular flexibility index (Phi) is 16.9. The molecule has 0 radical (unpaired) electrons. The van der Waals surface area contributed by atoms with Crippen LogP contribution in [0.3, 0.4) is 0 Å². The summed E-state index contributed by atoms with van der Waals surface area (Å²) in [6, 6.07) is 52.6. The standard InChI is InChI=1S/C64H64N6O6/c1-64(2,3)49-41-47(62(73)69-56-32-20-30-54(65-56)67-58(71)34-8-4-6-18-36-75-60-50-26-14-10-22-43(50)38-44-23-11-15-27-51(44)60)40-48(42-49)63(74)70-57-33-21-31-55(66-57)68-59(72)35-9-5-7-19-37-76-61-52-28-16-12-24-45(52)39-46-25-13-17-29-53(46)61/h10-17,20-33,38-42H,4-9,18-19,34-37H2,1-3H3,(H2,65,67,69,71,73)(H2,66,68,70,72,74). The SMILES string of the molecule is CC(C)(C)c1cc(C(=O)Nc2cccc(NC(=O)CCCCCCOc3c4ccccc4cc4ccccc34)n2)cc(C(=O)Nc2cccc(NC(=O)CCCCCCOc3c4ccccc4cc4ccccc34)n2)c1. The molecule has 0 fully saturated rings. The minimum Gasteiger partial charge on any atom is -0.492 e. The van der Waals surface area contributed by atoms with Crippen molar-refractivity contribution in [2.24, 2.45) is 0 Å². The van der Waals surface area contributed by atoms with Gasteiger partial charge in [-0.05, 0) is 113 Å². The third-order valence-corrected chi connectivity index (χ3v) is 13.4. The number of fused-ring (bicyclic) bond motifs is 4. The molecule has 0 bridgehead atoms. The molecule has 9 rings (SSSR count). The van der Waals surface area contributed by atoms with Gasteiger partial charge in [0.05, 0.1) is 13.2 Å². The van der Waals surface area contributed by atoms with E-state index in [1.54, 1.807) is 48.5 Å². The second kappa shape index (κ2) is 24.6. The minimum absolute atomic E-state index is 0.166. The molecule has 2 aromatic heterocycles. The molecule has 386 valence electrons. The van der Waals surface area contributed by atoms with E-state index in [2.05, 4.69) is 91.9 Å². The number of nitrogens with one attached hydrogen (secondary N) is 4. The maximum absolute atomic E-state index is 13.8. The summed E-state index contributed by atoms with van der Waals surface area (Å²) in [6.45, 7) is 7.17. The van der Waals surface area contributed by atoms with Gasteiger partial charge in [0.1, 0.15) is 34.8 Å². The fourth-order valence-corrected chi connectivity index (χ4v) is 9.34. The van der Waals surface area contributed by atoms with Crippen LogP contribution in [0.5, 0.6) is 11.5 Å². The highest BCUT2D eigenvalue weighted by Crippen LogP contribution is 2.37. The highest BCUT2D eigenvalue weighted by atomic mass is 16.5. The van der Waals surface area contributed by atoms with Crippen LogP contribution in [0, 0.1) is 0 Å². The number of pyridine rings is 2. The van der Waals surface area contributed by atoms with E-state index in [0.29, 0.717) is 50.5 Å². The number of amides is 4. The lowest BCUT2D eigenvalue weighted by Gasteiger charge is -2.21. The molecule has 4 amide bonds. The van der Waals surface area contributed by atoms with Crippen molar-refractivity contribution in [3.8, 4) is 11.5 Å². The summed E-state index contributed by atoms with van der Waals surface area (Å²) in [6.07, 6.45) is 7.40. The molecule has 12 nitrogen and oxygen atoms in total. The lowest BCUT2D eigenvalue weighted by Crippen LogP contribution is -2.20. The Morgan fingerprint density at radius 1 is 0.395 bits per heavy atom. The van der Waals surface area contributed by atoms with E-state index in [-0.39, 0.29) is 34.6 Å². The molecular weight excluding hydrogens is 949 g/mol. The number of benzene rings is 7. The molecule has 0 aliphatic heterocycles. The van der Waals surface area contributed by atoms with E-state index in [9.17, 15) is 19.2 Å². The van der Waals surface area contributed by atoms with Gasteiger partial charge in [0.25, 0.3) is 11.8 Å². The molecule has 7 aromatic carbocycles. The second-order valence-corrected chi connectivity index (χ2v) is 20.2. The van der Waals surface area contributed by atoms with Crippen LogP contribution in [-0.4, -0.2) is 46.8 Å². The Bertz CT molecular complexity index is 3220. The largest absolute Gasteiger partial charge is 0.492 e. The fourth-order valence-electron chi connectivity index (χ4n) is 9.34. The number of unbranched alkanes of at least 4 members (excludes halogenated alkanes) is 6. The summed E-state index contributed by atoms with van der Waals surface area (Å²) in [4.78, 5) is 62.4. The lowest BCUT2D eigenvalue weighted by molar-refractivity contribution is -0.117. The summed E-state index contributed by atoms with van der Waals surface area (Å²) in [5.74, 6) is 1.67. The Balaban J connectivity index is 0.712. The van der Waals surface area contributed by atoms with Gasteiger partial charge in [-0.1, -0.05) is 156 Å². The van der Waals surface area contributed by atoms with Gasteiger partial charge in [-0.2, -0.15) is 0 Å². The van der Waals surface area contributed by atoms with Gasteiger partial charge >= 0.3 is 0 Å². The highest BCUT2D eigenvalue weighted by molar-refractivity contribution is 6.09. The first kappa shape index (κ1) is 52.2. The van der Waals surface area contributed by atoms with Crippen LogP contribution in [0.1, 0.15) is 111 Å². The van der Waals surface area contributed by atoms with Crippen molar-refractivity contribution in [3.05, 3.63) is 180 Å². The molecule has 4 N–H and O–H groups in total. The normalized spacial score (nSPS) is 11.4. The first-order valence-corrected chi connectivity index (χ1v) is 26.3. The Hall–Kier alpha value is -8.64. The molecule has 0 saturated carbocycles. The number of anilines is 4. The van der Waals surface area contributed by atoms with Gasteiger partial charge in [0, 0.05) is 45.5 Å². The average molecular weight is 1010 g/mol. The number of carbonyl (C=O) groups excluding carboxylic acids is 4. The van der Waals surface area contributed by atoms with Crippen molar-refractivity contribution in [2.45, 2.75) is 90.4 Å². The topological polar surface area (TPSA) is 161 Å². The zero-order chi connectivity index (χ0) is 52.9. The predicted octanol–water partition coefficient (Wildman–Crippen LogP) is 14.8. The van der Waals surface area contributed by atoms with Crippen molar-refractivity contribution >= 4 is 90.0 Å². The predicted molar refractivity (Wildman–Crippen MR) is 307 cm³/mol. The quantitative estimate of drug-likeness (QED) is 0.0385. The zero-order valence-corrected chi connectivity index (χ0v) is 43.4. The van der Waals surface area contributed by atoms with Gasteiger partial charge in [-0.3, -0.25) is 19.2 Å². The summed E-state index contributed by atoms with van der Waals surface area (Å²) in [5, 5.41) is 20.4. The number of aromatic nitrogens is 2. The van der Waals surface area contributed by atoms with Crippen molar-refractivity contribution in [1.82, 2.24) is 9.97 Å². The average Bonchev–Trinajstić information content (AvgIpc) is 3.42. The summed E-state index contributed by atoms with van der Waals surface area (Å²) < 4.78 is 12.7. The van der Waals surface area contributed by atoms with Crippen LogP contribution in [0.15, 0.2) is 164 Å². The Labute approximate surface area is 443 Å².